The largest absolute Gasteiger partial charge is 0.483 e. The summed E-state index contributed by atoms with van der Waals surface area (Å²) in [6, 6.07) is 3.64. The van der Waals surface area contributed by atoms with E-state index in [-0.39, 0.29) is 11.3 Å². The van der Waals surface area contributed by atoms with Crippen molar-refractivity contribution in [2.24, 2.45) is 5.73 Å². The average molecular weight is 314 g/mol. The summed E-state index contributed by atoms with van der Waals surface area (Å²) in [5.74, 6) is -1.28. The monoisotopic (exact) mass is 313 g/mol. The van der Waals surface area contributed by atoms with E-state index in [1.54, 1.807) is 0 Å². The van der Waals surface area contributed by atoms with Crippen LogP contribution in [0.1, 0.15) is 23.7 Å². The molecule has 0 spiro atoms. The third-order valence-electron chi connectivity index (χ3n) is 2.36. The van der Waals surface area contributed by atoms with Crippen LogP contribution in [0.15, 0.2) is 18.2 Å². The number of imide groups is 1. The molecule has 0 saturated carbocycles. The van der Waals surface area contributed by atoms with Crippen LogP contribution < -0.4 is 21.1 Å². The smallest absolute Gasteiger partial charge is 0.321 e. The number of rotatable bonds is 6. The molecule has 0 fully saturated rings. The maximum Gasteiger partial charge on any atom is 0.321 e. The Labute approximate surface area is 126 Å². The lowest BCUT2D eigenvalue weighted by molar-refractivity contribution is -0.122. The molecule has 0 heterocycles. The second-order valence-corrected chi connectivity index (χ2v) is 4.53. The van der Waals surface area contributed by atoms with E-state index in [1.807, 2.05) is 6.92 Å². The second-order valence-electron chi connectivity index (χ2n) is 4.10. The van der Waals surface area contributed by atoms with Crippen LogP contribution in [0.5, 0.6) is 5.75 Å². The molecule has 0 aliphatic carbocycles. The molecule has 0 radical (unpaired) electrons. The number of benzene rings is 1. The van der Waals surface area contributed by atoms with Crippen molar-refractivity contribution >= 4 is 29.4 Å². The van der Waals surface area contributed by atoms with Crippen molar-refractivity contribution in [3.8, 4) is 5.75 Å². The maximum absolute atomic E-state index is 11.5. The zero-order valence-corrected chi connectivity index (χ0v) is 12.2. The second kappa shape index (κ2) is 8.11. The van der Waals surface area contributed by atoms with Crippen molar-refractivity contribution in [3.05, 3.63) is 28.8 Å². The molecule has 0 unspecified atom stereocenters. The minimum atomic E-state index is -0.706. The zero-order chi connectivity index (χ0) is 15.8. The van der Waals surface area contributed by atoms with Crippen LogP contribution in [0.25, 0.3) is 0 Å². The van der Waals surface area contributed by atoms with Crippen LogP contribution >= 0.6 is 11.6 Å². The van der Waals surface area contributed by atoms with E-state index in [1.165, 1.54) is 18.2 Å². The molecule has 114 valence electrons. The molecule has 1 rings (SSSR count). The number of amides is 4. The lowest BCUT2D eigenvalue weighted by Gasteiger charge is -2.10. The summed E-state index contributed by atoms with van der Waals surface area (Å²) in [4.78, 5) is 34.0. The van der Waals surface area contributed by atoms with Gasteiger partial charge >= 0.3 is 6.03 Å². The normalized spacial score (nSPS) is 9.81. The Morgan fingerprint density at radius 3 is 2.67 bits per heavy atom. The van der Waals surface area contributed by atoms with Gasteiger partial charge < -0.3 is 15.8 Å². The fraction of sp³-hybridized carbons (Fsp3) is 0.308. The highest BCUT2D eigenvalue weighted by Gasteiger charge is 2.13. The standard InChI is InChI=1S/C13H16ClN3O4/c1-2-5-16-13(20)17-11(18)7-21-10-6-8(14)3-4-9(10)12(15)19/h3-4,6H,2,5,7H2,1H3,(H2,15,19)(H2,16,17,18,20). The first kappa shape index (κ1) is 16.8. The van der Waals surface area contributed by atoms with E-state index in [9.17, 15) is 14.4 Å². The van der Waals surface area contributed by atoms with E-state index in [4.69, 9.17) is 22.1 Å². The van der Waals surface area contributed by atoms with Crippen LogP contribution in [0.4, 0.5) is 4.79 Å². The van der Waals surface area contributed by atoms with Crippen molar-refractivity contribution in [2.75, 3.05) is 13.2 Å². The number of halogens is 1. The third kappa shape index (κ3) is 5.70. The van der Waals surface area contributed by atoms with E-state index in [2.05, 4.69) is 10.6 Å². The highest BCUT2D eigenvalue weighted by atomic mass is 35.5. The Morgan fingerprint density at radius 2 is 2.05 bits per heavy atom. The molecule has 0 aliphatic rings. The van der Waals surface area contributed by atoms with Crippen molar-refractivity contribution in [3.63, 3.8) is 0 Å². The predicted octanol–water partition coefficient (Wildman–Crippen LogP) is 1.05. The Morgan fingerprint density at radius 1 is 1.33 bits per heavy atom. The van der Waals surface area contributed by atoms with E-state index < -0.39 is 24.5 Å². The molecule has 4 amide bonds. The van der Waals surface area contributed by atoms with Gasteiger partial charge in [0.05, 0.1) is 5.56 Å². The number of nitrogens with one attached hydrogen (secondary N) is 2. The number of hydrogen-bond donors (Lipinski definition) is 3. The molecule has 0 aromatic heterocycles. The summed E-state index contributed by atoms with van der Waals surface area (Å²) >= 11 is 5.78. The number of carbonyl (C=O) groups excluding carboxylic acids is 3. The van der Waals surface area contributed by atoms with Gasteiger partial charge in [0.1, 0.15) is 5.75 Å². The number of hydrogen-bond acceptors (Lipinski definition) is 4. The summed E-state index contributed by atoms with van der Waals surface area (Å²) in [6.45, 7) is 1.90. The summed E-state index contributed by atoms with van der Waals surface area (Å²) in [7, 11) is 0. The number of carbonyl (C=O) groups is 3. The molecular formula is C13H16ClN3O4. The Balaban J connectivity index is 2.59. The Kier molecular flexibility index (Phi) is 6.48. The van der Waals surface area contributed by atoms with Crippen LogP contribution in [0, 0.1) is 0 Å². The SMILES string of the molecule is CCCNC(=O)NC(=O)COc1cc(Cl)ccc1C(N)=O. The minimum absolute atomic E-state index is 0.0825. The van der Waals surface area contributed by atoms with Crippen LogP contribution in [-0.2, 0) is 4.79 Å². The lowest BCUT2D eigenvalue weighted by atomic mass is 10.2. The molecule has 1 aromatic rings. The first-order valence-electron chi connectivity index (χ1n) is 6.24. The quantitative estimate of drug-likeness (QED) is 0.729. The van der Waals surface area contributed by atoms with E-state index in [0.29, 0.717) is 11.6 Å². The Hall–Kier alpha value is -2.28. The van der Waals surface area contributed by atoms with Gasteiger partial charge in [0.25, 0.3) is 11.8 Å². The van der Waals surface area contributed by atoms with Gasteiger partial charge in [-0.25, -0.2) is 4.79 Å². The molecule has 0 aliphatic heterocycles. The maximum atomic E-state index is 11.5. The zero-order valence-electron chi connectivity index (χ0n) is 11.4. The highest BCUT2D eigenvalue weighted by molar-refractivity contribution is 6.30. The van der Waals surface area contributed by atoms with Gasteiger partial charge in [0.2, 0.25) is 0 Å². The van der Waals surface area contributed by atoms with Gasteiger partial charge in [-0.15, -0.1) is 0 Å². The predicted molar refractivity (Wildman–Crippen MR) is 77.3 cm³/mol. The fourth-order valence-corrected chi connectivity index (χ4v) is 1.57. The number of ether oxygens (including phenoxy) is 1. The molecule has 21 heavy (non-hydrogen) atoms. The molecule has 8 heteroatoms. The summed E-state index contributed by atoms with van der Waals surface area (Å²) in [5, 5.41) is 4.89. The van der Waals surface area contributed by atoms with Gasteiger partial charge in [-0.2, -0.15) is 0 Å². The van der Waals surface area contributed by atoms with Crippen molar-refractivity contribution in [2.45, 2.75) is 13.3 Å². The average Bonchev–Trinajstić information content (AvgIpc) is 2.42. The molecule has 7 nitrogen and oxygen atoms in total. The molecule has 0 atom stereocenters. The number of primary amides is 1. The molecular weight excluding hydrogens is 298 g/mol. The van der Waals surface area contributed by atoms with Gasteiger partial charge in [-0.05, 0) is 24.6 Å². The van der Waals surface area contributed by atoms with Gasteiger partial charge in [0.15, 0.2) is 6.61 Å². The summed E-state index contributed by atoms with van der Waals surface area (Å²) < 4.78 is 5.17. The van der Waals surface area contributed by atoms with Gasteiger partial charge in [-0.3, -0.25) is 14.9 Å². The van der Waals surface area contributed by atoms with Crippen molar-refractivity contribution in [1.82, 2.24) is 10.6 Å². The molecule has 1 aromatic carbocycles. The van der Waals surface area contributed by atoms with E-state index >= 15 is 0 Å². The fourth-order valence-electron chi connectivity index (χ4n) is 1.41. The van der Waals surface area contributed by atoms with Gasteiger partial charge in [-0.1, -0.05) is 18.5 Å². The van der Waals surface area contributed by atoms with Crippen LogP contribution in [0.2, 0.25) is 5.02 Å². The third-order valence-corrected chi connectivity index (χ3v) is 2.59. The lowest BCUT2D eigenvalue weighted by Crippen LogP contribution is -2.41. The first-order valence-corrected chi connectivity index (χ1v) is 6.61. The Bertz CT molecular complexity index is 548. The topological polar surface area (TPSA) is 111 Å². The van der Waals surface area contributed by atoms with Crippen molar-refractivity contribution < 1.29 is 19.1 Å². The molecule has 0 bridgehead atoms. The summed E-state index contributed by atoms with van der Waals surface area (Å²) in [6.07, 6.45) is 0.753. The van der Waals surface area contributed by atoms with Gasteiger partial charge in [0, 0.05) is 11.6 Å². The minimum Gasteiger partial charge on any atom is -0.483 e. The number of urea groups is 1. The van der Waals surface area contributed by atoms with E-state index in [0.717, 1.165) is 6.42 Å². The van der Waals surface area contributed by atoms with Crippen molar-refractivity contribution in [1.29, 1.82) is 0 Å². The number of nitrogens with two attached hydrogens (primary N) is 1. The van der Waals surface area contributed by atoms with Crippen LogP contribution in [0.3, 0.4) is 0 Å². The highest BCUT2D eigenvalue weighted by Crippen LogP contribution is 2.22. The van der Waals surface area contributed by atoms with Crippen LogP contribution in [-0.4, -0.2) is 31.0 Å². The summed E-state index contributed by atoms with van der Waals surface area (Å²) in [5.41, 5.74) is 5.28. The first-order chi connectivity index (χ1) is 9.93. The molecule has 4 N–H and O–H groups in total. The molecule has 0 saturated heterocycles.